The van der Waals surface area contributed by atoms with Crippen LogP contribution in [0.3, 0.4) is 0 Å². The molecule has 0 saturated carbocycles. The number of carbonyl (C=O) groups is 2. The third-order valence-corrected chi connectivity index (χ3v) is 5.66. The Bertz CT molecular complexity index is 1100. The molecule has 4 N–H and O–H groups in total. The van der Waals surface area contributed by atoms with Gasteiger partial charge in [-0.05, 0) is 35.7 Å². The average molecular weight is 483 g/mol. The molecule has 2 aromatic rings. The number of nitrogens with one attached hydrogen (secondary N) is 2. The maximum Gasteiger partial charge on any atom is 0.490 e. The first-order chi connectivity index (χ1) is 16.0. The van der Waals surface area contributed by atoms with Crippen molar-refractivity contribution < 1.29 is 37.7 Å². The first kappa shape index (κ1) is 25.2. The molecule has 0 spiro atoms. The Morgan fingerprint density at radius 2 is 1.82 bits per heavy atom. The Kier molecular flexibility index (Phi) is 7.62. The van der Waals surface area contributed by atoms with Crippen LogP contribution in [0.5, 0.6) is 0 Å². The number of aryl methyl sites for hydroxylation is 1. The highest BCUT2D eigenvalue weighted by atomic mass is 19.4. The first-order valence-corrected chi connectivity index (χ1v) is 10.5. The van der Waals surface area contributed by atoms with E-state index in [1.54, 1.807) is 0 Å². The van der Waals surface area contributed by atoms with E-state index in [4.69, 9.17) is 19.7 Å². The Balaban J connectivity index is 0.000000406. The van der Waals surface area contributed by atoms with Gasteiger partial charge in [0.25, 0.3) is 5.56 Å². The second kappa shape index (κ2) is 10.3. The Hall–Kier alpha value is -3.38. The number of anilines is 1. The van der Waals surface area contributed by atoms with Gasteiger partial charge in [0.2, 0.25) is 0 Å². The molecule has 0 aliphatic carbocycles. The van der Waals surface area contributed by atoms with Gasteiger partial charge in [-0.15, -0.1) is 0 Å². The summed E-state index contributed by atoms with van der Waals surface area (Å²) in [6.07, 6.45) is -4.22. The molecule has 1 aromatic carbocycles. The molecule has 12 heteroatoms. The molecule has 2 fully saturated rings. The molecule has 0 unspecified atom stereocenters. The number of benzene rings is 1. The lowest BCUT2D eigenvalue weighted by Crippen LogP contribution is -2.50. The molecule has 0 radical (unpaired) electrons. The first-order valence-electron chi connectivity index (χ1n) is 10.5. The SMILES string of the molecule is CCc1cc(C(=O)O)c(=O)[nH]c1-c1ccc(N2CCO[C@H]3CNC[C@H]32)cc1.O=C(O)C(F)(F)F. The Morgan fingerprint density at radius 3 is 2.38 bits per heavy atom. The average Bonchev–Trinajstić information content (AvgIpc) is 3.27. The van der Waals surface area contributed by atoms with Crippen molar-refractivity contribution in [2.45, 2.75) is 31.7 Å². The van der Waals surface area contributed by atoms with Gasteiger partial charge in [-0.2, -0.15) is 13.2 Å². The lowest BCUT2D eigenvalue weighted by atomic mass is 10.0. The van der Waals surface area contributed by atoms with E-state index in [0.29, 0.717) is 24.8 Å². The maximum absolute atomic E-state index is 12.1. The summed E-state index contributed by atoms with van der Waals surface area (Å²) in [5, 5.41) is 19.7. The van der Waals surface area contributed by atoms with Gasteiger partial charge in [0.05, 0.1) is 24.4 Å². The minimum absolute atomic E-state index is 0.222. The second-order valence-electron chi connectivity index (χ2n) is 7.75. The number of nitrogens with zero attached hydrogens (tertiary/aromatic N) is 1. The summed E-state index contributed by atoms with van der Waals surface area (Å²) in [5.74, 6) is -3.97. The Morgan fingerprint density at radius 1 is 1.18 bits per heavy atom. The minimum Gasteiger partial charge on any atom is -0.477 e. The van der Waals surface area contributed by atoms with Gasteiger partial charge in [0, 0.05) is 25.3 Å². The molecule has 2 atom stereocenters. The molecule has 184 valence electrons. The number of aromatic amines is 1. The summed E-state index contributed by atoms with van der Waals surface area (Å²) >= 11 is 0. The number of H-pyrrole nitrogens is 1. The molecule has 0 bridgehead atoms. The summed E-state index contributed by atoms with van der Waals surface area (Å²) in [6, 6.07) is 9.88. The molecule has 3 heterocycles. The van der Waals surface area contributed by atoms with E-state index in [0.717, 1.165) is 36.4 Å². The molecule has 2 aliphatic heterocycles. The largest absolute Gasteiger partial charge is 0.490 e. The lowest BCUT2D eigenvalue weighted by Gasteiger charge is -2.38. The van der Waals surface area contributed by atoms with E-state index < -0.39 is 23.7 Å². The van der Waals surface area contributed by atoms with Gasteiger partial charge < -0.3 is 30.2 Å². The quantitative estimate of drug-likeness (QED) is 0.520. The van der Waals surface area contributed by atoms with Gasteiger partial charge >= 0.3 is 18.1 Å². The topological polar surface area (TPSA) is 132 Å². The minimum atomic E-state index is -5.08. The zero-order chi connectivity index (χ0) is 25.0. The molecule has 4 rings (SSSR count). The number of carboxylic acid groups (broad SMARTS) is 2. The zero-order valence-corrected chi connectivity index (χ0v) is 18.2. The summed E-state index contributed by atoms with van der Waals surface area (Å²) < 4.78 is 37.6. The van der Waals surface area contributed by atoms with Crippen LogP contribution in [-0.2, 0) is 16.0 Å². The predicted molar refractivity (Wildman–Crippen MR) is 116 cm³/mol. The number of halogens is 3. The number of hydrogen-bond donors (Lipinski definition) is 4. The number of pyridine rings is 1. The maximum atomic E-state index is 12.1. The van der Waals surface area contributed by atoms with Gasteiger partial charge in [-0.1, -0.05) is 19.1 Å². The van der Waals surface area contributed by atoms with E-state index >= 15 is 0 Å². The van der Waals surface area contributed by atoms with Crippen molar-refractivity contribution in [1.29, 1.82) is 0 Å². The number of hydrogen-bond acceptors (Lipinski definition) is 6. The number of ether oxygens (including phenoxy) is 1. The number of alkyl halides is 3. The van der Waals surface area contributed by atoms with E-state index in [1.165, 1.54) is 6.07 Å². The summed E-state index contributed by atoms with van der Waals surface area (Å²) in [7, 11) is 0. The van der Waals surface area contributed by atoms with Gasteiger partial charge in [0.1, 0.15) is 5.56 Å². The standard InChI is InChI=1S/C20H23N3O4.C2HF3O2/c1-2-12-9-15(20(25)26)19(24)22-18(12)13-3-5-14(6-4-13)23-7-8-27-17-11-21-10-16(17)23;3-2(4,5)1(6)7/h3-6,9,16-17,21H,2,7-8,10-11H2,1H3,(H,22,24)(H,25,26);(H,6,7)/t16-,17+;/m1./s1. The highest BCUT2D eigenvalue weighted by molar-refractivity contribution is 5.88. The van der Waals surface area contributed by atoms with Crippen LogP contribution in [0.15, 0.2) is 35.1 Å². The fourth-order valence-electron chi connectivity index (χ4n) is 4.00. The van der Waals surface area contributed by atoms with Crippen molar-refractivity contribution in [1.82, 2.24) is 10.3 Å². The van der Waals surface area contributed by atoms with Crippen molar-refractivity contribution in [3.63, 3.8) is 0 Å². The third-order valence-electron chi connectivity index (χ3n) is 5.66. The fourth-order valence-corrected chi connectivity index (χ4v) is 4.00. The fraction of sp³-hybridized carbons (Fsp3) is 0.409. The molecular weight excluding hydrogens is 459 g/mol. The van der Waals surface area contributed by atoms with Crippen LogP contribution in [-0.4, -0.2) is 71.7 Å². The monoisotopic (exact) mass is 483 g/mol. The zero-order valence-electron chi connectivity index (χ0n) is 18.2. The van der Waals surface area contributed by atoms with Crippen molar-refractivity contribution >= 4 is 17.6 Å². The second-order valence-corrected chi connectivity index (χ2v) is 7.75. The van der Waals surface area contributed by atoms with E-state index in [2.05, 4.69) is 27.3 Å². The molecule has 1 aromatic heterocycles. The van der Waals surface area contributed by atoms with E-state index in [9.17, 15) is 22.8 Å². The molecule has 34 heavy (non-hydrogen) atoms. The Labute approximate surface area is 192 Å². The van der Waals surface area contributed by atoms with Crippen LogP contribution in [0.2, 0.25) is 0 Å². The third kappa shape index (κ3) is 5.57. The number of rotatable bonds is 4. The van der Waals surface area contributed by atoms with E-state index in [1.807, 2.05) is 19.1 Å². The van der Waals surface area contributed by atoms with Gasteiger partial charge in [-0.3, -0.25) is 4.79 Å². The lowest BCUT2D eigenvalue weighted by molar-refractivity contribution is -0.192. The van der Waals surface area contributed by atoms with E-state index in [-0.39, 0.29) is 11.7 Å². The van der Waals surface area contributed by atoms with Crippen LogP contribution in [0.25, 0.3) is 11.3 Å². The van der Waals surface area contributed by atoms with Crippen LogP contribution in [0, 0.1) is 0 Å². The molecule has 0 amide bonds. The van der Waals surface area contributed by atoms with Crippen LogP contribution < -0.4 is 15.8 Å². The number of aromatic carboxylic acids is 1. The molecular formula is C22H24F3N3O6. The van der Waals surface area contributed by atoms with Crippen molar-refractivity contribution in [2.24, 2.45) is 0 Å². The van der Waals surface area contributed by atoms with Crippen LogP contribution in [0.4, 0.5) is 18.9 Å². The van der Waals surface area contributed by atoms with Crippen molar-refractivity contribution in [3.05, 3.63) is 51.8 Å². The van der Waals surface area contributed by atoms with Gasteiger partial charge in [0.15, 0.2) is 0 Å². The van der Waals surface area contributed by atoms with Crippen LogP contribution >= 0.6 is 0 Å². The van der Waals surface area contributed by atoms with Crippen molar-refractivity contribution in [3.8, 4) is 11.3 Å². The highest BCUT2D eigenvalue weighted by Crippen LogP contribution is 2.28. The molecule has 2 aliphatic rings. The number of aliphatic carboxylic acids is 1. The normalized spacial score (nSPS) is 19.7. The number of morpholine rings is 1. The summed E-state index contributed by atoms with van der Waals surface area (Å²) in [5.41, 5.74) is 2.70. The van der Waals surface area contributed by atoms with Crippen molar-refractivity contribution in [2.75, 3.05) is 31.1 Å². The summed E-state index contributed by atoms with van der Waals surface area (Å²) in [6.45, 7) is 5.31. The number of fused-ring (bicyclic) bond motifs is 1. The number of aromatic nitrogens is 1. The molecule has 2 saturated heterocycles. The predicted octanol–water partition coefficient (Wildman–Crippen LogP) is 2.11. The summed E-state index contributed by atoms with van der Waals surface area (Å²) in [4.78, 5) is 37.3. The molecule has 9 nitrogen and oxygen atoms in total. The number of carboxylic acids is 2. The van der Waals surface area contributed by atoms with Crippen LogP contribution in [0.1, 0.15) is 22.8 Å². The highest BCUT2D eigenvalue weighted by Gasteiger charge is 2.38. The smallest absolute Gasteiger partial charge is 0.477 e. The van der Waals surface area contributed by atoms with Gasteiger partial charge in [-0.25, -0.2) is 9.59 Å².